The minimum atomic E-state index is 0.761. The maximum Gasteiger partial charge on any atom is 0.169 e. The second-order valence-electron chi connectivity index (χ2n) is 4.56. The molecule has 17 heavy (non-hydrogen) atoms. The zero-order valence-corrected chi connectivity index (χ0v) is 11.0. The third-order valence-electron chi connectivity index (χ3n) is 2.96. The van der Waals surface area contributed by atoms with Crippen LogP contribution in [0.4, 0.5) is 0 Å². The molecule has 1 aliphatic rings. The van der Waals surface area contributed by atoms with Gasteiger partial charge in [0.15, 0.2) is 5.11 Å². The van der Waals surface area contributed by atoms with E-state index in [1.807, 2.05) is 6.92 Å². The molecule has 0 spiro atoms. The van der Waals surface area contributed by atoms with Crippen molar-refractivity contribution in [1.82, 2.24) is 10.2 Å². The van der Waals surface area contributed by atoms with Crippen molar-refractivity contribution in [3.8, 4) is 0 Å². The first-order chi connectivity index (χ1) is 8.16. The van der Waals surface area contributed by atoms with Crippen LogP contribution in [-0.4, -0.2) is 23.1 Å². The minimum Gasteiger partial charge on any atom is -0.359 e. The standard InChI is InChI=1S/C14H18N2S/c1-11(2)9-15-14(17)16-8-7-12-5-3-4-6-13(12)10-16/h3-6H,1,7-10H2,2H3,(H,15,17). The normalized spacial score (nSPS) is 14.1. The third kappa shape index (κ3) is 3.07. The maximum atomic E-state index is 5.40. The van der Waals surface area contributed by atoms with Gasteiger partial charge in [-0.2, -0.15) is 0 Å². The molecule has 0 saturated heterocycles. The summed E-state index contributed by atoms with van der Waals surface area (Å²) in [6.07, 6.45) is 1.07. The lowest BCUT2D eigenvalue weighted by Crippen LogP contribution is -2.42. The lowest BCUT2D eigenvalue weighted by atomic mass is 10.0. The van der Waals surface area contributed by atoms with Gasteiger partial charge in [-0.3, -0.25) is 0 Å². The van der Waals surface area contributed by atoms with E-state index in [4.69, 9.17) is 12.2 Å². The highest BCUT2D eigenvalue weighted by molar-refractivity contribution is 7.80. The second kappa shape index (κ2) is 5.32. The van der Waals surface area contributed by atoms with E-state index < -0.39 is 0 Å². The number of hydrogen-bond acceptors (Lipinski definition) is 1. The zero-order chi connectivity index (χ0) is 12.3. The van der Waals surface area contributed by atoms with Gasteiger partial charge in [0.1, 0.15) is 0 Å². The summed E-state index contributed by atoms with van der Waals surface area (Å²) in [5.41, 5.74) is 3.94. The van der Waals surface area contributed by atoms with Crippen LogP contribution in [0, 0.1) is 0 Å². The van der Waals surface area contributed by atoms with Crippen LogP contribution in [0.25, 0.3) is 0 Å². The molecule has 3 heteroatoms. The largest absolute Gasteiger partial charge is 0.359 e. The molecule has 2 nitrogen and oxygen atoms in total. The fourth-order valence-corrected chi connectivity index (χ4v) is 2.24. The molecular formula is C14H18N2S. The molecule has 1 heterocycles. The molecular weight excluding hydrogens is 228 g/mol. The Morgan fingerprint density at radius 2 is 2.12 bits per heavy atom. The average Bonchev–Trinajstić information content (AvgIpc) is 2.35. The van der Waals surface area contributed by atoms with E-state index in [2.05, 4.69) is 41.1 Å². The molecule has 0 aromatic heterocycles. The Morgan fingerprint density at radius 3 is 2.82 bits per heavy atom. The molecule has 0 saturated carbocycles. The minimum absolute atomic E-state index is 0.761. The molecule has 1 aromatic carbocycles. The number of hydrogen-bond donors (Lipinski definition) is 1. The van der Waals surface area contributed by atoms with Crippen molar-refractivity contribution >= 4 is 17.3 Å². The van der Waals surface area contributed by atoms with E-state index in [1.54, 1.807) is 0 Å². The van der Waals surface area contributed by atoms with Gasteiger partial charge < -0.3 is 10.2 Å². The molecule has 1 N–H and O–H groups in total. The number of nitrogens with zero attached hydrogens (tertiary/aromatic N) is 1. The van der Waals surface area contributed by atoms with Gasteiger partial charge in [-0.15, -0.1) is 0 Å². The van der Waals surface area contributed by atoms with Crippen LogP contribution in [0.5, 0.6) is 0 Å². The van der Waals surface area contributed by atoms with Crippen LogP contribution >= 0.6 is 12.2 Å². The van der Waals surface area contributed by atoms with Gasteiger partial charge in [0, 0.05) is 19.6 Å². The predicted octanol–water partition coefficient (Wildman–Crippen LogP) is 2.50. The van der Waals surface area contributed by atoms with E-state index in [0.717, 1.165) is 36.7 Å². The molecule has 90 valence electrons. The summed E-state index contributed by atoms with van der Waals surface area (Å²) in [4.78, 5) is 2.22. The third-order valence-corrected chi connectivity index (χ3v) is 3.36. The van der Waals surface area contributed by atoms with Gasteiger partial charge in [-0.25, -0.2) is 0 Å². The van der Waals surface area contributed by atoms with E-state index in [-0.39, 0.29) is 0 Å². The average molecular weight is 246 g/mol. The summed E-state index contributed by atoms with van der Waals surface area (Å²) < 4.78 is 0. The number of nitrogens with one attached hydrogen (secondary N) is 1. The molecule has 0 amide bonds. The van der Waals surface area contributed by atoms with Crippen molar-refractivity contribution < 1.29 is 0 Å². The first kappa shape index (κ1) is 12.1. The van der Waals surface area contributed by atoms with Crippen molar-refractivity contribution in [2.75, 3.05) is 13.1 Å². The highest BCUT2D eigenvalue weighted by Crippen LogP contribution is 2.18. The fourth-order valence-electron chi connectivity index (χ4n) is 2.01. The number of rotatable bonds is 2. The Morgan fingerprint density at radius 1 is 1.41 bits per heavy atom. The molecule has 0 aliphatic carbocycles. The van der Waals surface area contributed by atoms with Crippen molar-refractivity contribution in [3.05, 3.63) is 47.5 Å². The Balaban J connectivity index is 1.97. The first-order valence-electron chi connectivity index (χ1n) is 5.91. The molecule has 0 bridgehead atoms. The van der Waals surface area contributed by atoms with E-state index in [9.17, 15) is 0 Å². The van der Waals surface area contributed by atoms with Crippen molar-refractivity contribution in [2.45, 2.75) is 19.9 Å². The van der Waals surface area contributed by atoms with Gasteiger partial charge in [-0.1, -0.05) is 36.4 Å². The first-order valence-corrected chi connectivity index (χ1v) is 6.31. The highest BCUT2D eigenvalue weighted by Gasteiger charge is 2.17. The van der Waals surface area contributed by atoms with Gasteiger partial charge in [-0.05, 0) is 36.7 Å². The Kier molecular flexibility index (Phi) is 3.79. The van der Waals surface area contributed by atoms with Gasteiger partial charge in [0.25, 0.3) is 0 Å². The SMILES string of the molecule is C=C(C)CNC(=S)N1CCc2ccccc2C1. The topological polar surface area (TPSA) is 15.3 Å². The molecule has 2 rings (SSSR count). The van der Waals surface area contributed by atoms with Crippen molar-refractivity contribution in [2.24, 2.45) is 0 Å². The summed E-state index contributed by atoms with van der Waals surface area (Å²) in [6.45, 7) is 8.54. The number of thiocarbonyl (C=S) groups is 1. The lowest BCUT2D eigenvalue weighted by molar-refractivity contribution is 0.389. The van der Waals surface area contributed by atoms with Crippen LogP contribution in [0.3, 0.4) is 0 Å². The predicted molar refractivity (Wildman–Crippen MR) is 76.0 cm³/mol. The van der Waals surface area contributed by atoms with E-state index in [1.165, 1.54) is 11.1 Å². The summed E-state index contributed by atoms with van der Waals surface area (Å²) in [5.74, 6) is 0. The Labute approximate surface area is 108 Å². The van der Waals surface area contributed by atoms with Gasteiger partial charge in [0.2, 0.25) is 0 Å². The van der Waals surface area contributed by atoms with Crippen LogP contribution in [0.1, 0.15) is 18.1 Å². The molecule has 0 fully saturated rings. The summed E-state index contributed by atoms with van der Waals surface area (Å²) >= 11 is 5.40. The van der Waals surface area contributed by atoms with Gasteiger partial charge >= 0.3 is 0 Å². The summed E-state index contributed by atoms with van der Waals surface area (Å²) in [5, 5.41) is 4.08. The summed E-state index contributed by atoms with van der Waals surface area (Å²) in [6, 6.07) is 8.58. The van der Waals surface area contributed by atoms with Crippen molar-refractivity contribution in [3.63, 3.8) is 0 Å². The second-order valence-corrected chi connectivity index (χ2v) is 4.94. The maximum absolute atomic E-state index is 5.40. The van der Waals surface area contributed by atoms with Crippen LogP contribution in [0.2, 0.25) is 0 Å². The number of fused-ring (bicyclic) bond motifs is 1. The van der Waals surface area contributed by atoms with Crippen LogP contribution < -0.4 is 5.32 Å². The monoisotopic (exact) mass is 246 g/mol. The summed E-state index contributed by atoms with van der Waals surface area (Å²) in [7, 11) is 0. The highest BCUT2D eigenvalue weighted by atomic mass is 32.1. The van der Waals surface area contributed by atoms with Gasteiger partial charge in [0.05, 0.1) is 0 Å². The van der Waals surface area contributed by atoms with Crippen molar-refractivity contribution in [1.29, 1.82) is 0 Å². The quantitative estimate of drug-likeness (QED) is 0.637. The lowest BCUT2D eigenvalue weighted by Gasteiger charge is -2.31. The molecule has 0 radical (unpaired) electrons. The van der Waals surface area contributed by atoms with Crippen LogP contribution in [-0.2, 0) is 13.0 Å². The zero-order valence-electron chi connectivity index (χ0n) is 10.2. The smallest absolute Gasteiger partial charge is 0.169 e. The fraction of sp³-hybridized carbons (Fsp3) is 0.357. The molecule has 1 aromatic rings. The Hall–Kier alpha value is -1.35. The molecule has 0 atom stereocenters. The number of benzene rings is 1. The molecule has 0 unspecified atom stereocenters. The Bertz CT molecular complexity index is 440. The van der Waals surface area contributed by atoms with E-state index >= 15 is 0 Å². The van der Waals surface area contributed by atoms with Crippen LogP contribution in [0.15, 0.2) is 36.4 Å². The van der Waals surface area contributed by atoms with E-state index in [0.29, 0.717) is 0 Å². The molecule has 1 aliphatic heterocycles.